The first-order valence-corrected chi connectivity index (χ1v) is 10.8. The lowest BCUT2D eigenvalue weighted by atomic mass is 10.3. The van der Waals surface area contributed by atoms with Gasteiger partial charge in [-0.3, -0.25) is 4.79 Å². The maximum Gasteiger partial charge on any atom is 0.252 e. The highest BCUT2D eigenvalue weighted by Gasteiger charge is 2.20. The standard InChI is InChI=1S/C18H20ClN7O2S/c1-29-18-23-15(25-6-8-28-9-7-25)13-11-22-26(16(13)24-18)5-4-20-17(27)12-2-3-14(19)21-10-12/h2-3,10-11H,4-9H2,1H3,(H,20,27). The average Bonchev–Trinajstić information content (AvgIpc) is 3.17. The largest absolute Gasteiger partial charge is 0.378 e. The van der Waals surface area contributed by atoms with Crippen LogP contribution in [-0.2, 0) is 11.3 Å². The van der Waals surface area contributed by atoms with Crippen molar-refractivity contribution in [1.29, 1.82) is 0 Å². The number of hydrogen-bond donors (Lipinski definition) is 1. The van der Waals surface area contributed by atoms with Crippen LogP contribution in [0.2, 0.25) is 5.15 Å². The summed E-state index contributed by atoms with van der Waals surface area (Å²) in [6, 6.07) is 3.23. The fourth-order valence-electron chi connectivity index (χ4n) is 3.08. The number of nitrogens with zero attached hydrogens (tertiary/aromatic N) is 6. The number of morpholine rings is 1. The number of rotatable bonds is 6. The van der Waals surface area contributed by atoms with Crippen molar-refractivity contribution < 1.29 is 9.53 Å². The lowest BCUT2D eigenvalue weighted by Gasteiger charge is -2.28. The van der Waals surface area contributed by atoms with Gasteiger partial charge in [-0.1, -0.05) is 23.4 Å². The van der Waals surface area contributed by atoms with Crippen LogP contribution in [0.5, 0.6) is 0 Å². The second-order valence-electron chi connectivity index (χ2n) is 6.36. The zero-order valence-electron chi connectivity index (χ0n) is 15.8. The number of fused-ring (bicyclic) bond motifs is 1. The van der Waals surface area contributed by atoms with E-state index in [9.17, 15) is 4.79 Å². The van der Waals surface area contributed by atoms with Gasteiger partial charge in [0.05, 0.1) is 36.9 Å². The van der Waals surface area contributed by atoms with Gasteiger partial charge in [0, 0.05) is 25.8 Å². The summed E-state index contributed by atoms with van der Waals surface area (Å²) in [6.45, 7) is 3.83. The molecule has 1 saturated heterocycles. The SMILES string of the molecule is CSc1nc(N2CCOCC2)c2cnn(CCNC(=O)c3ccc(Cl)nc3)c2n1. The summed E-state index contributed by atoms with van der Waals surface area (Å²) < 4.78 is 7.24. The molecule has 4 heterocycles. The van der Waals surface area contributed by atoms with Gasteiger partial charge in [0.25, 0.3) is 5.91 Å². The summed E-state index contributed by atoms with van der Waals surface area (Å²) in [6.07, 6.45) is 5.19. The van der Waals surface area contributed by atoms with E-state index in [4.69, 9.17) is 21.3 Å². The monoisotopic (exact) mass is 433 g/mol. The van der Waals surface area contributed by atoms with Crippen LogP contribution in [0.15, 0.2) is 29.7 Å². The molecular formula is C18H20ClN7O2S. The number of thioether (sulfide) groups is 1. The fraction of sp³-hybridized carbons (Fsp3) is 0.389. The molecule has 0 bridgehead atoms. The normalized spacial score (nSPS) is 14.3. The molecule has 3 aromatic heterocycles. The maximum atomic E-state index is 12.2. The first-order chi connectivity index (χ1) is 14.2. The predicted octanol–water partition coefficient (Wildman–Crippen LogP) is 1.86. The van der Waals surface area contributed by atoms with Crippen LogP contribution >= 0.6 is 23.4 Å². The third-order valence-corrected chi connectivity index (χ3v) is 5.32. The average molecular weight is 434 g/mol. The Labute approximate surface area is 176 Å². The van der Waals surface area contributed by atoms with Gasteiger partial charge in [-0.25, -0.2) is 19.6 Å². The van der Waals surface area contributed by atoms with E-state index in [1.165, 1.54) is 18.0 Å². The summed E-state index contributed by atoms with van der Waals surface area (Å²) in [4.78, 5) is 27.7. The Morgan fingerprint density at radius 3 is 2.83 bits per heavy atom. The zero-order chi connectivity index (χ0) is 20.2. The number of nitrogens with one attached hydrogen (secondary N) is 1. The molecule has 0 spiro atoms. The van der Waals surface area contributed by atoms with Crippen molar-refractivity contribution in [2.45, 2.75) is 11.7 Å². The fourth-order valence-corrected chi connectivity index (χ4v) is 3.55. The van der Waals surface area contributed by atoms with Gasteiger partial charge in [0.2, 0.25) is 0 Å². The number of amides is 1. The van der Waals surface area contributed by atoms with Gasteiger partial charge in [0.15, 0.2) is 10.8 Å². The molecule has 11 heteroatoms. The van der Waals surface area contributed by atoms with Crippen molar-refractivity contribution >= 4 is 46.1 Å². The molecule has 0 aliphatic carbocycles. The minimum atomic E-state index is -0.209. The summed E-state index contributed by atoms with van der Waals surface area (Å²) in [5.41, 5.74) is 1.22. The topological polar surface area (TPSA) is 98.1 Å². The van der Waals surface area contributed by atoms with Crippen molar-refractivity contribution in [3.63, 3.8) is 0 Å². The highest BCUT2D eigenvalue weighted by molar-refractivity contribution is 7.98. The van der Waals surface area contributed by atoms with E-state index in [1.54, 1.807) is 23.0 Å². The molecule has 1 N–H and O–H groups in total. The van der Waals surface area contributed by atoms with E-state index >= 15 is 0 Å². The van der Waals surface area contributed by atoms with Crippen molar-refractivity contribution in [2.24, 2.45) is 0 Å². The van der Waals surface area contributed by atoms with E-state index in [0.717, 1.165) is 29.9 Å². The van der Waals surface area contributed by atoms with E-state index in [2.05, 4.69) is 25.3 Å². The van der Waals surface area contributed by atoms with Crippen LogP contribution in [0.4, 0.5) is 5.82 Å². The van der Waals surface area contributed by atoms with Gasteiger partial charge < -0.3 is 15.0 Å². The minimum absolute atomic E-state index is 0.209. The summed E-state index contributed by atoms with van der Waals surface area (Å²) in [5.74, 6) is 0.671. The zero-order valence-corrected chi connectivity index (χ0v) is 17.4. The van der Waals surface area contributed by atoms with E-state index in [1.807, 2.05) is 6.26 Å². The lowest BCUT2D eigenvalue weighted by molar-refractivity contribution is 0.0951. The molecule has 1 amide bonds. The molecule has 1 aliphatic rings. The Morgan fingerprint density at radius 2 is 2.10 bits per heavy atom. The predicted molar refractivity (Wildman–Crippen MR) is 112 cm³/mol. The van der Waals surface area contributed by atoms with Gasteiger partial charge in [0.1, 0.15) is 11.0 Å². The Hall–Kier alpha value is -2.43. The Balaban J connectivity index is 1.50. The van der Waals surface area contributed by atoms with Crippen LogP contribution in [0.3, 0.4) is 0 Å². The second-order valence-corrected chi connectivity index (χ2v) is 7.52. The lowest BCUT2D eigenvalue weighted by Crippen LogP contribution is -2.37. The Bertz CT molecular complexity index is 1010. The van der Waals surface area contributed by atoms with Crippen molar-refractivity contribution in [3.8, 4) is 0 Å². The van der Waals surface area contributed by atoms with E-state index < -0.39 is 0 Å². The summed E-state index contributed by atoms with van der Waals surface area (Å²) in [5, 5.41) is 9.29. The van der Waals surface area contributed by atoms with Crippen LogP contribution in [0.25, 0.3) is 11.0 Å². The van der Waals surface area contributed by atoms with Gasteiger partial charge in [-0.15, -0.1) is 0 Å². The molecule has 4 rings (SSSR count). The Morgan fingerprint density at radius 1 is 1.28 bits per heavy atom. The smallest absolute Gasteiger partial charge is 0.252 e. The van der Waals surface area contributed by atoms with Gasteiger partial charge in [-0.05, 0) is 18.4 Å². The number of pyridine rings is 1. The highest BCUT2D eigenvalue weighted by Crippen LogP contribution is 2.27. The number of anilines is 1. The van der Waals surface area contributed by atoms with Gasteiger partial charge >= 0.3 is 0 Å². The third kappa shape index (κ3) is 4.44. The van der Waals surface area contributed by atoms with Crippen molar-refractivity contribution in [3.05, 3.63) is 35.2 Å². The molecule has 1 fully saturated rings. The number of carbonyl (C=O) groups is 1. The first-order valence-electron chi connectivity index (χ1n) is 9.15. The number of aromatic nitrogens is 5. The molecule has 152 valence electrons. The highest BCUT2D eigenvalue weighted by atomic mass is 35.5. The van der Waals surface area contributed by atoms with E-state index in [-0.39, 0.29) is 5.91 Å². The first kappa shape index (κ1) is 19.9. The molecule has 29 heavy (non-hydrogen) atoms. The van der Waals surface area contributed by atoms with Crippen LogP contribution in [0, 0.1) is 0 Å². The number of halogens is 1. The van der Waals surface area contributed by atoms with Crippen molar-refractivity contribution in [2.75, 3.05) is 44.0 Å². The number of hydrogen-bond acceptors (Lipinski definition) is 8. The molecule has 9 nitrogen and oxygen atoms in total. The number of carbonyl (C=O) groups excluding carboxylic acids is 1. The quantitative estimate of drug-likeness (QED) is 0.357. The van der Waals surface area contributed by atoms with Crippen LogP contribution in [-0.4, -0.2) is 69.7 Å². The molecule has 0 radical (unpaired) electrons. The second kappa shape index (κ2) is 8.93. The van der Waals surface area contributed by atoms with Crippen LogP contribution < -0.4 is 10.2 Å². The molecule has 0 aromatic carbocycles. The molecule has 3 aromatic rings. The van der Waals surface area contributed by atoms with E-state index in [0.29, 0.717) is 42.2 Å². The van der Waals surface area contributed by atoms with Crippen molar-refractivity contribution in [1.82, 2.24) is 30.0 Å². The summed E-state index contributed by atoms with van der Waals surface area (Å²) in [7, 11) is 0. The molecule has 0 saturated carbocycles. The summed E-state index contributed by atoms with van der Waals surface area (Å²) >= 11 is 7.25. The number of ether oxygens (including phenoxy) is 1. The molecule has 0 unspecified atom stereocenters. The van der Waals surface area contributed by atoms with Crippen LogP contribution in [0.1, 0.15) is 10.4 Å². The maximum absolute atomic E-state index is 12.2. The molecular weight excluding hydrogens is 414 g/mol. The molecule has 0 atom stereocenters. The molecule has 1 aliphatic heterocycles. The third-order valence-electron chi connectivity index (χ3n) is 4.55. The Kier molecular flexibility index (Phi) is 6.12. The van der Waals surface area contributed by atoms with Gasteiger partial charge in [-0.2, -0.15) is 5.10 Å². The minimum Gasteiger partial charge on any atom is -0.378 e.